The minimum Gasteiger partial charge on any atom is -0.497 e. The topological polar surface area (TPSA) is 96.9 Å². The van der Waals surface area contributed by atoms with E-state index in [2.05, 4.69) is 10.6 Å². The molecule has 7 nitrogen and oxygen atoms in total. The summed E-state index contributed by atoms with van der Waals surface area (Å²) < 4.78 is 10.3. The number of amides is 2. The smallest absolute Gasteiger partial charge is 0.326 e. The Morgan fingerprint density at radius 2 is 1.80 bits per heavy atom. The number of nitrogens with one attached hydrogen (secondary N) is 2. The number of carbonyl (C=O) groups excluding carboxylic acids is 1. The predicted molar refractivity (Wildman–Crippen MR) is 93.3 cm³/mol. The van der Waals surface area contributed by atoms with Crippen LogP contribution in [-0.4, -0.2) is 37.4 Å². The van der Waals surface area contributed by atoms with Crippen molar-refractivity contribution in [2.24, 2.45) is 0 Å². The van der Waals surface area contributed by atoms with Crippen molar-refractivity contribution in [1.82, 2.24) is 5.32 Å². The second-order valence-electron chi connectivity index (χ2n) is 5.25. The van der Waals surface area contributed by atoms with Gasteiger partial charge in [-0.2, -0.15) is 0 Å². The van der Waals surface area contributed by atoms with E-state index in [4.69, 9.17) is 9.47 Å². The summed E-state index contributed by atoms with van der Waals surface area (Å²) in [6.07, 6.45) is 0.184. The SMILES string of the molecule is COc1ccc(NC(=O)NC(Cc2ccccc2)C(=O)O)c(OC)c1. The summed E-state index contributed by atoms with van der Waals surface area (Å²) in [6, 6.07) is 12.3. The summed E-state index contributed by atoms with van der Waals surface area (Å²) in [5, 5.41) is 14.4. The van der Waals surface area contributed by atoms with Crippen LogP contribution in [0.25, 0.3) is 0 Å². The summed E-state index contributed by atoms with van der Waals surface area (Å²) in [7, 11) is 2.99. The molecule has 0 bridgehead atoms. The van der Waals surface area contributed by atoms with Crippen molar-refractivity contribution in [2.45, 2.75) is 12.5 Å². The fourth-order valence-electron chi connectivity index (χ4n) is 2.27. The van der Waals surface area contributed by atoms with E-state index in [1.807, 2.05) is 30.3 Å². The maximum absolute atomic E-state index is 12.2. The van der Waals surface area contributed by atoms with E-state index >= 15 is 0 Å². The number of carbonyl (C=O) groups is 2. The number of hydrogen-bond donors (Lipinski definition) is 3. The third-order valence-corrected chi connectivity index (χ3v) is 3.54. The van der Waals surface area contributed by atoms with Gasteiger partial charge in [0.25, 0.3) is 0 Å². The maximum atomic E-state index is 12.2. The first-order valence-corrected chi connectivity index (χ1v) is 7.59. The number of aliphatic carboxylic acids is 1. The molecule has 1 atom stereocenters. The van der Waals surface area contributed by atoms with E-state index in [1.54, 1.807) is 18.2 Å². The van der Waals surface area contributed by atoms with Gasteiger partial charge < -0.3 is 25.2 Å². The summed E-state index contributed by atoms with van der Waals surface area (Å²) in [6.45, 7) is 0. The number of carboxylic acid groups (broad SMARTS) is 1. The molecule has 0 aliphatic carbocycles. The lowest BCUT2D eigenvalue weighted by atomic mass is 10.1. The van der Waals surface area contributed by atoms with Gasteiger partial charge in [0.1, 0.15) is 17.5 Å². The Bertz CT molecular complexity index is 734. The molecule has 0 radical (unpaired) electrons. The Balaban J connectivity index is 2.05. The molecule has 0 fully saturated rings. The molecule has 0 spiro atoms. The van der Waals surface area contributed by atoms with Crippen molar-refractivity contribution in [3.05, 3.63) is 54.1 Å². The predicted octanol–water partition coefficient (Wildman–Crippen LogP) is 2.52. The Hall–Kier alpha value is -3.22. The van der Waals surface area contributed by atoms with Gasteiger partial charge in [-0.15, -0.1) is 0 Å². The van der Waals surface area contributed by atoms with Gasteiger partial charge in [0.15, 0.2) is 0 Å². The third kappa shape index (κ3) is 5.13. The molecule has 7 heteroatoms. The molecule has 132 valence electrons. The van der Waals surface area contributed by atoms with Gasteiger partial charge in [0, 0.05) is 12.5 Å². The monoisotopic (exact) mass is 344 g/mol. The zero-order valence-corrected chi connectivity index (χ0v) is 14.0. The molecule has 2 aromatic carbocycles. The van der Waals surface area contributed by atoms with Crippen molar-refractivity contribution >= 4 is 17.7 Å². The van der Waals surface area contributed by atoms with Gasteiger partial charge in [0.2, 0.25) is 0 Å². The molecule has 1 unspecified atom stereocenters. The van der Waals surface area contributed by atoms with E-state index in [0.717, 1.165) is 5.56 Å². The molecule has 2 rings (SSSR count). The van der Waals surface area contributed by atoms with Crippen LogP contribution in [0, 0.1) is 0 Å². The number of carboxylic acids is 1. The van der Waals surface area contributed by atoms with Gasteiger partial charge in [0.05, 0.1) is 19.9 Å². The van der Waals surface area contributed by atoms with Gasteiger partial charge in [-0.3, -0.25) is 0 Å². The number of anilines is 1. The van der Waals surface area contributed by atoms with Crippen LogP contribution in [0.1, 0.15) is 5.56 Å². The normalized spacial score (nSPS) is 11.3. The number of rotatable bonds is 7. The first-order chi connectivity index (χ1) is 12.0. The number of hydrogen-bond acceptors (Lipinski definition) is 4. The van der Waals surface area contributed by atoms with Crippen LogP contribution in [0.3, 0.4) is 0 Å². The average Bonchev–Trinajstić information content (AvgIpc) is 2.62. The number of urea groups is 1. The van der Waals surface area contributed by atoms with Crippen LogP contribution < -0.4 is 20.1 Å². The van der Waals surface area contributed by atoms with Crippen molar-refractivity contribution in [3.63, 3.8) is 0 Å². The Kier molecular flexibility index (Phi) is 6.22. The van der Waals surface area contributed by atoms with E-state index in [1.165, 1.54) is 14.2 Å². The Morgan fingerprint density at radius 1 is 1.08 bits per heavy atom. The Morgan fingerprint density at radius 3 is 2.40 bits per heavy atom. The minimum absolute atomic E-state index is 0.184. The number of ether oxygens (including phenoxy) is 2. The summed E-state index contributed by atoms with van der Waals surface area (Å²) in [4.78, 5) is 23.6. The van der Waals surface area contributed by atoms with E-state index in [0.29, 0.717) is 17.2 Å². The molecule has 0 aliphatic rings. The second kappa shape index (κ2) is 8.58. The lowest BCUT2D eigenvalue weighted by Crippen LogP contribution is -2.44. The summed E-state index contributed by atoms with van der Waals surface area (Å²) >= 11 is 0. The molecule has 0 aromatic heterocycles. The van der Waals surface area contributed by atoms with Crippen LogP contribution in [0.2, 0.25) is 0 Å². The van der Waals surface area contributed by atoms with Crippen molar-refractivity contribution in [3.8, 4) is 11.5 Å². The van der Waals surface area contributed by atoms with Gasteiger partial charge in [-0.25, -0.2) is 9.59 Å². The van der Waals surface area contributed by atoms with Crippen LogP contribution in [0.5, 0.6) is 11.5 Å². The van der Waals surface area contributed by atoms with Crippen LogP contribution in [0.4, 0.5) is 10.5 Å². The van der Waals surface area contributed by atoms with Crippen molar-refractivity contribution in [1.29, 1.82) is 0 Å². The number of benzene rings is 2. The van der Waals surface area contributed by atoms with E-state index in [9.17, 15) is 14.7 Å². The molecule has 0 saturated carbocycles. The van der Waals surface area contributed by atoms with Gasteiger partial charge in [-0.1, -0.05) is 30.3 Å². The number of methoxy groups -OCH3 is 2. The molecule has 3 N–H and O–H groups in total. The maximum Gasteiger partial charge on any atom is 0.326 e. The molecule has 0 aliphatic heterocycles. The highest BCUT2D eigenvalue weighted by Gasteiger charge is 2.21. The van der Waals surface area contributed by atoms with E-state index < -0.39 is 18.0 Å². The highest BCUT2D eigenvalue weighted by molar-refractivity contribution is 5.93. The lowest BCUT2D eigenvalue weighted by Gasteiger charge is -2.16. The zero-order valence-electron chi connectivity index (χ0n) is 14.0. The average molecular weight is 344 g/mol. The highest BCUT2D eigenvalue weighted by Crippen LogP contribution is 2.28. The summed E-state index contributed by atoms with van der Waals surface area (Å²) in [5.41, 5.74) is 1.22. The van der Waals surface area contributed by atoms with Gasteiger partial charge >= 0.3 is 12.0 Å². The standard InChI is InChI=1S/C18H20N2O5/c1-24-13-8-9-14(16(11-13)25-2)19-18(23)20-15(17(21)22)10-12-6-4-3-5-7-12/h3-9,11,15H,10H2,1-2H3,(H,21,22)(H2,19,20,23). The lowest BCUT2D eigenvalue weighted by molar-refractivity contribution is -0.139. The molecule has 25 heavy (non-hydrogen) atoms. The van der Waals surface area contributed by atoms with Crippen LogP contribution >= 0.6 is 0 Å². The van der Waals surface area contributed by atoms with E-state index in [-0.39, 0.29) is 6.42 Å². The molecule has 2 aromatic rings. The second-order valence-corrected chi connectivity index (χ2v) is 5.25. The van der Waals surface area contributed by atoms with Crippen LogP contribution in [0.15, 0.2) is 48.5 Å². The molecular weight excluding hydrogens is 324 g/mol. The molecule has 2 amide bonds. The first kappa shape index (κ1) is 18.1. The van der Waals surface area contributed by atoms with Gasteiger partial charge in [-0.05, 0) is 17.7 Å². The zero-order chi connectivity index (χ0) is 18.2. The third-order valence-electron chi connectivity index (χ3n) is 3.54. The first-order valence-electron chi connectivity index (χ1n) is 7.59. The highest BCUT2D eigenvalue weighted by atomic mass is 16.5. The minimum atomic E-state index is -1.11. The molecule has 0 saturated heterocycles. The largest absolute Gasteiger partial charge is 0.497 e. The quantitative estimate of drug-likeness (QED) is 0.717. The Labute approximate surface area is 145 Å². The fraction of sp³-hybridized carbons (Fsp3) is 0.222. The molecular formula is C18H20N2O5. The fourth-order valence-corrected chi connectivity index (χ4v) is 2.27. The van der Waals surface area contributed by atoms with Crippen LogP contribution in [-0.2, 0) is 11.2 Å². The van der Waals surface area contributed by atoms with Crippen molar-refractivity contribution < 1.29 is 24.2 Å². The molecule has 0 heterocycles. The van der Waals surface area contributed by atoms with Crippen molar-refractivity contribution in [2.75, 3.05) is 19.5 Å². The summed E-state index contributed by atoms with van der Waals surface area (Å²) in [5.74, 6) is -0.125.